The Morgan fingerprint density at radius 3 is 2.78 bits per heavy atom. The third-order valence-corrected chi connectivity index (χ3v) is 2.80. The number of nitrogens with two attached hydrogens (primary N) is 1. The van der Waals surface area contributed by atoms with Crippen LogP contribution in [-0.2, 0) is 11.3 Å². The Bertz CT molecular complexity index is 394. The molecule has 0 bridgehead atoms. The number of rotatable bonds is 4. The molecule has 0 radical (unpaired) electrons. The van der Waals surface area contributed by atoms with E-state index in [1.165, 1.54) is 0 Å². The van der Waals surface area contributed by atoms with Crippen molar-refractivity contribution in [2.24, 2.45) is 5.73 Å². The molecule has 8 heteroatoms. The van der Waals surface area contributed by atoms with Crippen LogP contribution in [-0.4, -0.2) is 29.0 Å². The molecule has 1 aromatic heterocycles. The van der Waals surface area contributed by atoms with Gasteiger partial charge < -0.3 is 15.0 Å². The minimum Gasteiger partial charge on any atom is -0.364 e. The molecule has 2 rings (SSSR count). The molecule has 0 saturated heterocycles. The van der Waals surface area contributed by atoms with Crippen molar-refractivity contribution in [3.05, 3.63) is 11.7 Å². The molecule has 1 saturated carbocycles. The van der Waals surface area contributed by atoms with E-state index >= 15 is 0 Å². The van der Waals surface area contributed by atoms with E-state index in [0.29, 0.717) is 5.89 Å². The molecule has 18 heavy (non-hydrogen) atoms. The van der Waals surface area contributed by atoms with Crippen LogP contribution in [0.2, 0.25) is 0 Å². The van der Waals surface area contributed by atoms with Crippen molar-refractivity contribution in [1.82, 2.24) is 10.1 Å². The molecule has 0 aliphatic heterocycles. The molecular formula is C10H14F3N3O2. The number of halogens is 3. The summed E-state index contributed by atoms with van der Waals surface area (Å²) in [5, 5.41) is 3.59. The van der Waals surface area contributed by atoms with Gasteiger partial charge in [0.15, 0.2) is 5.82 Å². The highest BCUT2D eigenvalue weighted by Gasteiger charge is 2.29. The average Bonchev–Trinajstić information content (AvgIpc) is 2.85. The molecule has 1 aromatic rings. The Labute approximate surface area is 101 Å². The lowest BCUT2D eigenvalue weighted by atomic mass is 10.1. The summed E-state index contributed by atoms with van der Waals surface area (Å²) in [4.78, 5) is 4.02. The lowest BCUT2D eigenvalue weighted by molar-refractivity contribution is -0.177. The summed E-state index contributed by atoms with van der Waals surface area (Å²) in [5.41, 5.74) is 5.76. The van der Waals surface area contributed by atoms with Gasteiger partial charge in [-0.2, -0.15) is 18.2 Å². The van der Waals surface area contributed by atoms with Crippen molar-refractivity contribution in [2.45, 2.75) is 44.0 Å². The van der Waals surface area contributed by atoms with Gasteiger partial charge in [-0.25, -0.2) is 0 Å². The first-order valence-corrected chi connectivity index (χ1v) is 5.66. The number of hydrogen-bond acceptors (Lipinski definition) is 5. The van der Waals surface area contributed by atoms with E-state index in [0.717, 1.165) is 19.3 Å². The first-order chi connectivity index (χ1) is 8.44. The highest BCUT2D eigenvalue weighted by Crippen LogP contribution is 2.32. The van der Waals surface area contributed by atoms with Crippen LogP contribution >= 0.6 is 0 Å². The third kappa shape index (κ3) is 3.67. The topological polar surface area (TPSA) is 74.2 Å². The van der Waals surface area contributed by atoms with Crippen molar-refractivity contribution in [3.8, 4) is 0 Å². The molecule has 1 heterocycles. The zero-order chi connectivity index (χ0) is 13.2. The maximum Gasteiger partial charge on any atom is 0.411 e. The minimum absolute atomic E-state index is 0.115. The average molecular weight is 265 g/mol. The lowest BCUT2D eigenvalue weighted by Crippen LogP contribution is -2.17. The zero-order valence-corrected chi connectivity index (χ0v) is 9.61. The van der Waals surface area contributed by atoms with Crippen molar-refractivity contribution < 1.29 is 22.4 Å². The molecule has 2 unspecified atom stereocenters. The lowest BCUT2D eigenvalue weighted by Gasteiger charge is -2.04. The third-order valence-electron chi connectivity index (χ3n) is 2.80. The molecule has 1 aliphatic carbocycles. The number of hydrogen-bond donors (Lipinski definition) is 1. The van der Waals surface area contributed by atoms with Crippen LogP contribution in [0.5, 0.6) is 0 Å². The summed E-state index contributed by atoms with van der Waals surface area (Å²) in [5.74, 6) is 0.687. The van der Waals surface area contributed by atoms with E-state index in [1.807, 2.05) is 0 Å². The molecule has 1 aliphatic rings. The van der Waals surface area contributed by atoms with Crippen molar-refractivity contribution >= 4 is 0 Å². The maximum atomic E-state index is 11.8. The van der Waals surface area contributed by atoms with E-state index in [2.05, 4.69) is 14.9 Å². The van der Waals surface area contributed by atoms with Gasteiger partial charge >= 0.3 is 6.18 Å². The SMILES string of the molecule is NC1CCC(c2nc(COCC(F)(F)F)no2)C1. The molecule has 102 valence electrons. The molecule has 0 spiro atoms. The smallest absolute Gasteiger partial charge is 0.364 e. The second-order valence-corrected chi connectivity index (χ2v) is 4.43. The van der Waals surface area contributed by atoms with Gasteiger partial charge in [-0.3, -0.25) is 0 Å². The predicted octanol–water partition coefficient (Wildman–Crippen LogP) is 1.74. The molecule has 1 fully saturated rings. The molecule has 2 N–H and O–H groups in total. The molecule has 0 amide bonds. The predicted molar refractivity (Wildman–Crippen MR) is 54.6 cm³/mol. The van der Waals surface area contributed by atoms with Crippen LogP contribution in [0.3, 0.4) is 0 Å². The normalized spacial score (nSPS) is 24.7. The summed E-state index contributed by atoms with van der Waals surface area (Å²) < 4.78 is 45.0. The Morgan fingerprint density at radius 1 is 1.39 bits per heavy atom. The fraction of sp³-hybridized carbons (Fsp3) is 0.800. The Morgan fingerprint density at radius 2 is 2.17 bits per heavy atom. The number of alkyl halides is 3. The van der Waals surface area contributed by atoms with Crippen LogP contribution in [0.4, 0.5) is 13.2 Å². The fourth-order valence-electron chi connectivity index (χ4n) is 1.99. The monoisotopic (exact) mass is 265 g/mol. The van der Waals surface area contributed by atoms with Gasteiger partial charge in [-0.05, 0) is 19.3 Å². The van der Waals surface area contributed by atoms with Crippen LogP contribution < -0.4 is 5.73 Å². The van der Waals surface area contributed by atoms with E-state index in [9.17, 15) is 13.2 Å². The molecule has 2 atom stereocenters. The molecule has 0 aromatic carbocycles. The van der Waals surface area contributed by atoms with Gasteiger partial charge in [0, 0.05) is 12.0 Å². The number of ether oxygens (including phenoxy) is 1. The van der Waals surface area contributed by atoms with Gasteiger partial charge in [0.2, 0.25) is 5.89 Å². The first kappa shape index (κ1) is 13.3. The summed E-state index contributed by atoms with van der Waals surface area (Å²) in [6, 6.07) is 0.131. The zero-order valence-electron chi connectivity index (χ0n) is 9.61. The quantitative estimate of drug-likeness (QED) is 0.897. The van der Waals surface area contributed by atoms with Gasteiger partial charge in [-0.15, -0.1) is 0 Å². The van der Waals surface area contributed by atoms with Crippen molar-refractivity contribution in [2.75, 3.05) is 6.61 Å². The largest absolute Gasteiger partial charge is 0.411 e. The van der Waals surface area contributed by atoms with E-state index in [4.69, 9.17) is 10.3 Å². The van der Waals surface area contributed by atoms with Crippen LogP contribution in [0.1, 0.15) is 36.9 Å². The maximum absolute atomic E-state index is 11.8. The van der Waals surface area contributed by atoms with E-state index in [-0.39, 0.29) is 24.4 Å². The van der Waals surface area contributed by atoms with Crippen LogP contribution in [0.15, 0.2) is 4.52 Å². The Balaban J connectivity index is 1.83. The van der Waals surface area contributed by atoms with Crippen molar-refractivity contribution in [3.63, 3.8) is 0 Å². The highest BCUT2D eigenvalue weighted by atomic mass is 19.4. The number of nitrogens with zero attached hydrogens (tertiary/aromatic N) is 2. The van der Waals surface area contributed by atoms with Crippen molar-refractivity contribution in [1.29, 1.82) is 0 Å². The summed E-state index contributed by atoms with van der Waals surface area (Å²) >= 11 is 0. The summed E-state index contributed by atoms with van der Waals surface area (Å²) in [6.45, 7) is -1.62. The molecule has 5 nitrogen and oxygen atoms in total. The number of aromatic nitrogens is 2. The highest BCUT2D eigenvalue weighted by molar-refractivity contribution is 4.98. The standard InChI is InChI=1S/C10H14F3N3O2/c11-10(12,13)5-17-4-8-15-9(18-16-8)6-1-2-7(14)3-6/h6-7H,1-5,14H2. The molecular weight excluding hydrogens is 251 g/mol. The van der Waals surface area contributed by atoms with Gasteiger partial charge in [0.1, 0.15) is 13.2 Å². The van der Waals surface area contributed by atoms with Gasteiger partial charge in [-0.1, -0.05) is 5.16 Å². The van der Waals surface area contributed by atoms with E-state index in [1.54, 1.807) is 0 Å². The Kier molecular flexibility index (Phi) is 3.86. The Hall–Kier alpha value is -1.15. The summed E-state index contributed by atoms with van der Waals surface area (Å²) in [7, 11) is 0. The second kappa shape index (κ2) is 5.23. The summed E-state index contributed by atoms with van der Waals surface area (Å²) in [6.07, 6.45) is -1.81. The van der Waals surface area contributed by atoms with Crippen LogP contribution in [0, 0.1) is 0 Å². The first-order valence-electron chi connectivity index (χ1n) is 5.66. The van der Waals surface area contributed by atoms with Crippen LogP contribution in [0.25, 0.3) is 0 Å². The fourth-order valence-corrected chi connectivity index (χ4v) is 1.99. The second-order valence-electron chi connectivity index (χ2n) is 4.43. The van der Waals surface area contributed by atoms with Gasteiger partial charge in [0.05, 0.1) is 0 Å². The van der Waals surface area contributed by atoms with Gasteiger partial charge in [0.25, 0.3) is 0 Å². The van der Waals surface area contributed by atoms with E-state index < -0.39 is 12.8 Å². The minimum atomic E-state index is -4.34.